The molecule has 0 aliphatic heterocycles. The first kappa shape index (κ1) is 13.9. The summed E-state index contributed by atoms with van der Waals surface area (Å²) >= 11 is 4.60. The fraction of sp³-hybridized carbons (Fsp3) is 0.182. The first-order chi connectivity index (χ1) is 9.04. The van der Waals surface area contributed by atoms with Crippen LogP contribution in [0.2, 0.25) is 0 Å². The van der Waals surface area contributed by atoms with Crippen molar-refractivity contribution in [2.24, 2.45) is 0 Å². The van der Waals surface area contributed by atoms with E-state index in [-0.39, 0.29) is 17.6 Å². The van der Waals surface area contributed by atoms with Gasteiger partial charge in [-0.3, -0.25) is 4.79 Å². The lowest BCUT2D eigenvalue weighted by molar-refractivity contribution is -0.113. The molecule has 19 heavy (non-hydrogen) atoms. The molecule has 1 heterocycles. The number of carbonyl (C=O) groups is 1. The fourth-order valence-electron chi connectivity index (χ4n) is 1.41. The molecule has 0 bridgehead atoms. The van der Waals surface area contributed by atoms with E-state index >= 15 is 0 Å². The number of aromatic amines is 1. The zero-order valence-corrected chi connectivity index (χ0v) is 12.5. The molecule has 1 amide bonds. The van der Waals surface area contributed by atoms with Crippen molar-refractivity contribution in [1.29, 1.82) is 0 Å². The number of aryl methyl sites for hydroxylation is 1. The van der Waals surface area contributed by atoms with E-state index in [1.807, 2.05) is 25.1 Å². The maximum Gasteiger partial charge on any atom is 0.234 e. The number of nitrogen functional groups attached to an aromatic ring is 1. The molecule has 100 valence electrons. The van der Waals surface area contributed by atoms with E-state index in [0.29, 0.717) is 5.16 Å². The molecule has 0 saturated carbocycles. The number of nitrogens with two attached hydrogens (primary N) is 1. The number of nitrogens with one attached hydrogen (secondary N) is 2. The van der Waals surface area contributed by atoms with Crippen LogP contribution in [-0.4, -0.2) is 26.8 Å². The number of aromatic nitrogens is 3. The number of hydrogen-bond acceptors (Lipinski definition) is 5. The van der Waals surface area contributed by atoms with Gasteiger partial charge >= 0.3 is 0 Å². The molecule has 1 aromatic carbocycles. The summed E-state index contributed by atoms with van der Waals surface area (Å²) in [7, 11) is 0. The van der Waals surface area contributed by atoms with E-state index in [4.69, 9.17) is 5.73 Å². The van der Waals surface area contributed by atoms with Gasteiger partial charge in [0.05, 0.1) is 5.75 Å². The Morgan fingerprint density at radius 1 is 1.58 bits per heavy atom. The molecule has 0 unspecified atom stereocenters. The SMILES string of the molecule is Cc1cc(Br)ccc1NC(=O)CSc1n[nH]c(N)n1. The van der Waals surface area contributed by atoms with Gasteiger partial charge in [-0.25, -0.2) is 5.10 Å². The highest BCUT2D eigenvalue weighted by atomic mass is 79.9. The molecule has 6 nitrogen and oxygen atoms in total. The van der Waals surface area contributed by atoms with Crippen molar-refractivity contribution in [2.45, 2.75) is 12.1 Å². The molecule has 0 aliphatic carbocycles. The lowest BCUT2D eigenvalue weighted by atomic mass is 10.2. The Morgan fingerprint density at radius 3 is 3.00 bits per heavy atom. The van der Waals surface area contributed by atoms with Crippen LogP contribution in [0.1, 0.15) is 5.56 Å². The molecule has 4 N–H and O–H groups in total. The standard InChI is InChI=1S/C11H12BrN5OS/c1-6-4-7(12)2-3-8(6)14-9(18)5-19-11-15-10(13)16-17-11/h2-4H,5H2,1H3,(H,14,18)(H3,13,15,16,17). The third-order valence-corrected chi connectivity index (χ3v) is 3.62. The van der Waals surface area contributed by atoms with Gasteiger partial charge in [0.25, 0.3) is 0 Å². The lowest BCUT2D eigenvalue weighted by Gasteiger charge is -2.07. The highest BCUT2D eigenvalue weighted by molar-refractivity contribution is 9.10. The smallest absolute Gasteiger partial charge is 0.234 e. The van der Waals surface area contributed by atoms with Crippen LogP contribution in [0.25, 0.3) is 0 Å². The second-order valence-electron chi connectivity index (χ2n) is 3.80. The number of amides is 1. The second kappa shape index (κ2) is 6.07. The third-order valence-electron chi connectivity index (χ3n) is 2.28. The Balaban J connectivity index is 1.90. The van der Waals surface area contributed by atoms with E-state index in [9.17, 15) is 4.79 Å². The van der Waals surface area contributed by atoms with E-state index in [1.54, 1.807) is 0 Å². The summed E-state index contributed by atoms with van der Waals surface area (Å²) in [6, 6.07) is 5.68. The summed E-state index contributed by atoms with van der Waals surface area (Å²) in [6.45, 7) is 1.93. The molecular weight excluding hydrogens is 330 g/mol. The first-order valence-electron chi connectivity index (χ1n) is 5.41. The van der Waals surface area contributed by atoms with Crippen molar-refractivity contribution in [3.8, 4) is 0 Å². The lowest BCUT2D eigenvalue weighted by Crippen LogP contribution is -2.14. The van der Waals surface area contributed by atoms with Crippen molar-refractivity contribution in [1.82, 2.24) is 15.2 Å². The summed E-state index contributed by atoms with van der Waals surface area (Å²) in [5.41, 5.74) is 7.19. The van der Waals surface area contributed by atoms with Crippen LogP contribution in [0.3, 0.4) is 0 Å². The number of H-pyrrole nitrogens is 1. The first-order valence-corrected chi connectivity index (χ1v) is 7.19. The van der Waals surface area contributed by atoms with Gasteiger partial charge in [0, 0.05) is 10.2 Å². The summed E-state index contributed by atoms with van der Waals surface area (Å²) in [6.07, 6.45) is 0. The third kappa shape index (κ3) is 3.97. The average Bonchev–Trinajstić information content (AvgIpc) is 2.76. The Kier molecular flexibility index (Phi) is 4.43. The summed E-state index contributed by atoms with van der Waals surface area (Å²) in [4.78, 5) is 15.7. The molecule has 2 aromatic rings. The van der Waals surface area contributed by atoms with Crippen molar-refractivity contribution in [2.75, 3.05) is 16.8 Å². The van der Waals surface area contributed by atoms with Gasteiger partial charge in [0.15, 0.2) is 0 Å². The summed E-state index contributed by atoms with van der Waals surface area (Å²) in [5, 5.41) is 9.65. The van der Waals surface area contributed by atoms with E-state index in [0.717, 1.165) is 15.7 Å². The molecule has 1 aromatic heterocycles. The number of benzene rings is 1. The second-order valence-corrected chi connectivity index (χ2v) is 5.66. The number of thioether (sulfide) groups is 1. The Morgan fingerprint density at radius 2 is 2.37 bits per heavy atom. The summed E-state index contributed by atoms with van der Waals surface area (Å²) in [5.74, 6) is 0.359. The number of nitrogens with zero attached hydrogens (tertiary/aromatic N) is 2. The molecular formula is C11H12BrN5OS. The normalized spacial score (nSPS) is 10.4. The predicted octanol–water partition coefficient (Wildman–Crippen LogP) is 2.19. The number of hydrogen-bond donors (Lipinski definition) is 3. The molecule has 8 heteroatoms. The van der Waals surface area contributed by atoms with Crippen LogP contribution in [0.5, 0.6) is 0 Å². The van der Waals surface area contributed by atoms with Crippen LogP contribution < -0.4 is 11.1 Å². The van der Waals surface area contributed by atoms with Crippen LogP contribution in [-0.2, 0) is 4.79 Å². The maximum absolute atomic E-state index is 11.8. The van der Waals surface area contributed by atoms with Gasteiger partial charge in [0.2, 0.25) is 17.0 Å². The van der Waals surface area contributed by atoms with Crippen molar-refractivity contribution >= 4 is 45.2 Å². The van der Waals surface area contributed by atoms with Crippen molar-refractivity contribution in [3.05, 3.63) is 28.2 Å². The van der Waals surface area contributed by atoms with E-state index < -0.39 is 0 Å². The minimum Gasteiger partial charge on any atom is -0.368 e. The fourth-order valence-corrected chi connectivity index (χ4v) is 2.49. The summed E-state index contributed by atoms with van der Waals surface area (Å²) < 4.78 is 0.980. The van der Waals surface area contributed by atoms with Crippen LogP contribution in [0.15, 0.2) is 27.8 Å². The highest BCUT2D eigenvalue weighted by Gasteiger charge is 2.08. The largest absolute Gasteiger partial charge is 0.368 e. The van der Waals surface area contributed by atoms with Gasteiger partial charge < -0.3 is 11.1 Å². The highest BCUT2D eigenvalue weighted by Crippen LogP contribution is 2.20. The average molecular weight is 342 g/mol. The molecule has 0 saturated heterocycles. The van der Waals surface area contributed by atoms with Crippen molar-refractivity contribution < 1.29 is 4.79 Å². The Hall–Kier alpha value is -1.54. The molecule has 0 atom stereocenters. The van der Waals surface area contributed by atoms with Crippen LogP contribution in [0.4, 0.5) is 11.6 Å². The Labute approximate surface area is 122 Å². The van der Waals surface area contributed by atoms with Gasteiger partial charge in [0.1, 0.15) is 0 Å². The molecule has 0 fully saturated rings. The zero-order chi connectivity index (χ0) is 13.8. The molecule has 2 rings (SSSR count). The number of anilines is 2. The zero-order valence-electron chi connectivity index (χ0n) is 10.1. The number of rotatable bonds is 4. The molecule has 0 aliphatic rings. The van der Waals surface area contributed by atoms with Gasteiger partial charge in [-0.2, -0.15) is 4.98 Å². The molecule has 0 spiro atoms. The van der Waals surface area contributed by atoms with Crippen LogP contribution >= 0.6 is 27.7 Å². The van der Waals surface area contributed by atoms with Gasteiger partial charge in [-0.15, -0.1) is 5.10 Å². The topological polar surface area (TPSA) is 96.7 Å². The number of halogens is 1. The van der Waals surface area contributed by atoms with Crippen molar-refractivity contribution in [3.63, 3.8) is 0 Å². The molecule has 0 radical (unpaired) electrons. The predicted molar refractivity (Wildman–Crippen MR) is 79.0 cm³/mol. The Bertz CT molecular complexity index is 601. The quantitative estimate of drug-likeness (QED) is 0.740. The van der Waals surface area contributed by atoms with Gasteiger partial charge in [-0.05, 0) is 30.7 Å². The van der Waals surface area contributed by atoms with E-state index in [1.165, 1.54) is 11.8 Å². The van der Waals surface area contributed by atoms with E-state index in [2.05, 4.69) is 36.4 Å². The number of carbonyl (C=O) groups excluding carboxylic acids is 1. The maximum atomic E-state index is 11.8. The van der Waals surface area contributed by atoms with Gasteiger partial charge in [-0.1, -0.05) is 27.7 Å². The monoisotopic (exact) mass is 341 g/mol. The minimum atomic E-state index is -0.112. The van der Waals surface area contributed by atoms with Crippen LogP contribution in [0, 0.1) is 6.92 Å². The minimum absolute atomic E-state index is 0.112.